The number of nitrogens with one attached hydrogen (secondary N) is 1. The minimum Gasteiger partial charge on any atom is -0.374 e. The molecule has 2 unspecified atom stereocenters. The third-order valence-electron chi connectivity index (χ3n) is 9.42. The van der Waals surface area contributed by atoms with E-state index in [1.807, 2.05) is 75.4 Å². The van der Waals surface area contributed by atoms with Crippen LogP contribution in [-0.4, -0.2) is 75.2 Å². The summed E-state index contributed by atoms with van der Waals surface area (Å²) in [5.41, 5.74) is -3.09. The second kappa shape index (κ2) is 14.2. The van der Waals surface area contributed by atoms with Crippen LogP contribution in [0.2, 0.25) is 0 Å². The van der Waals surface area contributed by atoms with Crippen LogP contribution in [0.5, 0.6) is 0 Å². The minimum absolute atomic E-state index is 0.123. The molecule has 0 spiro atoms. The highest BCUT2D eigenvalue weighted by molar-refractivity contribution is 7.52. The van der Waals surface area contributed by atoms with Crippen LogP contribution in [0.3, 0.4) is 0 Å². The van der Waals surface area contributed by atoms with Gasteiger partial charge in [-0.25, -0.2) is 0 Å². The number of alkyl halides is 2. The van der Waals surface area contributed by atoms with E-state index in [1.165, 1.54) is 12.1 Å². The van der Waals surface area contributed by atoms with Gasteiger partial charge in [0, 0.05) is 42.7 Å². The van der Waals surface area contributed by atoms with Gasteiger partial charge in [-0.1, -0.05) is 81.4 Å². The molecule has 3 aromatic carbocycles. The van der Waals surface area contributed by atoms with Gasteiger partial charge < -0.3 is 29.6 Å². The number of thiophene rings is 1. The van der Waals surface area contributed by atoms with Gasteiger partial charge in [0.25, 0.3) is 5.91 Å². The van der Waals surface area contributed by atoms with Gasteiger partial charge >= 0.3 is 13.3 Å². The van der Waals surface area contributed by atoms with Crippen molar-refractivity contribution < 1.29 is 42.3 Å². The lowest BCUT2D eigenvalue weighted by Gasteiger charge is -2.43. The fourth-order valence-corrected chi connectivity index (χ4v) is 8.05. The number of hydrogen-bond donors (Lipinski definition) is 3. The van der Waals surface area contributed by atoms with Crippen LogP contribution in [0.4, 0.5) is 8.78 Å². The van der Waals surface area contributed by atoms with Crippen molar-refractivity contribution in [2.75, 3.05) is 19.7 Å². The fraction of sp³-hybridized carbons (Fsp3) is 0.378. The summed E-state index contributed by atoms with van der Waals surface area (Å²) in [5, 5.41) is 3.06. The molecular weight excluding hydrogens is 699 g/mol. The van der Waals surface area contributed by atoms with Crippen molar-refractivity contribution in [1.29, 1.82) is 0 Å². The van der Waals surface area contributed by atoms with Crippen LogP contribution in [0, 0.1) is 5.41 Å². The summed E-state index contributed by atoms with van der Waals surface area (Å²) in [5.74, 6) is -1.24. The predicted molar refractivity (Wildman–Crippen MR) is 189 cm³/mol. The van der Waals surface area contributed by atoms with Gasteiger partial charge in [0.2, 0.25) is 11.8 Å². The number of fused-ring (bicyclic) bond motifs is 2. The molecule has 10 nitrogen and oxygen atoms in total. The van der Waals surface area contributed by atoms with Crippen LogP contribution >= 0.6 is 18.9 Å². The third-order valence-corrected chi connectivity index (χ3v) is 11.5. The summed E-state index contributed by atoms with van der Waals surface area (Å²) < 4.78 is 46.7. The first-order chi connectivity index (χ1) is 24.0. The molecule has 1 fully saturated rings. The normalized spacial score (nSPS) is 19.0. The Morgan fingerprint density at radius 3 is 2.37 bits per heavy atom. The zero-order chi connectivity index (χ0) is 36.7. The van der Waals surface area contributed by atoms with E-state index in [2.05, 4.69) is 5.32 Å². The molecule has 4 aromatic rings. The molecule has 0 bridgehead atoms. The van der Waals surface area contributed by atoms with Crippen molar-refractivity contribution >= 4 is 46.7 Å². The molecule has 3 N–H and O–H groups in total. The lowest BCUT2D eigenvalue weighted by Crippen LogP contribution is -2.62. The van der Waals surface area contributed by atoms with Crippen LogP contribution in [-0.2, 0) is 43.9 Å². The Balaban J connectivity index is 1.25. The van der Waals surface area contributed by atoms with E-state index in [4.69, 9.17) is 4.74 Å². The van der Waals surface area contributed by atoms with E-state index in [0.29, 0.717) is 37.2 Å². The zero-order valence-corrected chi connectivity index (χ0v) is 30.1. The number of benzene rings is 3. The molecule has 270 valence electrons. The van der Waals surface area contributed by atoms with Crippen LogP contribution in [0.15, 0.2) is 78.9 Å². The Kier molecular flexibility index (Phi) is 10.2. The Bertz CT molecular complexity index is 1990. The first-order valence-corrected chi connectivity index (χ1v) is 19.1. The van der Waals surface area contributed by atoms with Gasteiger partial charge in [0.1, 0.15) is 12.1 Å². The summed E-state index contributed by atoms with van der Waals surface area (Å²) in [6.45, 7) is 6.73. The molecule has 6 rings (SSSR count). The first-order valence-electron chi connectivity index (χ1n) is 16.6. The summed E-state index contributed by atoms with van der Waals surface area (Å²) in [7, 11) is -5.79. The molecule has 3 atom stereocenters. The summed E-state index contributed by atoms with van der Waals surface area (Å²) >= 11 is 0.999. The molecule has 1 saturated heterocycles. The smallest absolute Gasteiger partial charge is 0.374 e. The number of carbonyl (C=O) groups is 3. The number of nitrogens with zero attached hydrogens (tertiary/aromatic N) is 2. The lowest BCUT2D eigenvalue weighted by molar-refractivity contribution is -0.153. The molecular formula is C37H40F2N3O7PS. The van der Waals surface area contributed by atoms with Gasteiger partial charge in [-0.3, -0.25) is 18.9 Å². The average molecular weight is 740 g/mol. The molecule has 1 aromatic heterocycles. The number of rotatable bonds is 8. The van der Waals surface area contributed by atoms with Crippen molar-refractivity contribution in [3.8, 4) is 0 Å². The highest BCUT2D eigenvalue weighted by Gasteiger charge is 2.50. The zero-order valence-electron chi connectivity index (χ0n) is 28.4. The number of carbonyl (C=O) groups excluding carboxylic acids is 3. The van der Waals surface area contributed by atoms with E-state index >= 15 is 0 Å². The number of morpholine rings is 1. The van der Waals surface area contributed by atoms with Gasteiger partial charge in [-0.05, 0) is 45.7 Å². The van der Waals surface area contributed by atoms with Crippen molar-refractivity contribution in [2.45, 2.75) is 64.0 Å². The summed E-state index contributed by atoms with van der Waals surface area (Å²) in [6, 6.07) is 20.2. The lowest BCUT2D eigenvalue weighted by atomic mass is 9.84. The van der Waals surface area contributed by atoms with E-state index in [-0.39, 0.29) is 28.8 Å². The Morgan fingerprint density at radius 2 is 1.69 bits per heavy atom. The van der Waals surface area contributed by atoms with Crippen molar-refractivity contribution in [3.05, 3.63) is 106 Å². The summed E-state index contributed by atoms with van der Waals surface area (Å²) in [6.07, 6.45) is 0.751. The quantitative estimate of drug-likeness (QED) is 0.198. The molecule has 0 radical (unpaired) electrons. The SMILES string of the molecule is CC(C)(C)C(NC(=O)c1cc2cc(C(F)(F)P(=O)(O)O)ccc2s1)C(=O)N1Cc2ccccc2C[C@H]1C(=O)N1CCOC(Cc2ccccc2)C1. The largest absolute Gasteiger partial charge is 0.399 e. The van der Waals surface area contributed by atoms with Crippen molar-refractivity contribution in [3.63, 3.8) is 0 Å². The minimum atomic E-state index is -5.79. The van der Waals surface area contributed by atoms with Crippen LogP contribution < -0.4 is 5.32 Å². The fourth-order valence-electron chi connectivity index (χ4n) is 6.63. The van der Waals surface area contributed by atoms with Gasteiger partial charge in [0.15, 0.2) is 0 Å². The molecule has 0 aliphatic carbocycles. The average Bonchev–Trinajstić information content (AvgIpc) is 3.53. The van der Waals surface area contributed by atoms with Crippen LogP contribution in [0.25, 0.3) is 10.1 Å². The number of hydrogen-bond acceptors (Lipinski definition) is 6. The Labute approximate surface area is 298 Å². The van der Waals surface area contributed by atoms with E-state index < -0.39 is 48.1 Å². The molecule has 3 heterocycles. The first kappa shape index (κ1) is 36.8. The maximum absolute atomic E-state index is 14.6. The van der Waals surface area contributed by atoms with Gasteiger partial charge in [0.05, 0.1) is 17.6 Å². The monoisotopic (exact) mass is 739 g/mol. The van der Waals surface area contributed by atoms with Gasteiger partial charge in [-0.2, -0.15) is 8.78 Å². The molecule has 51 heavy (non-hydrogen) atoms. The second-order valence-electron chi connectivity index (χ2n) is 14.1. The molecule has 14 heteroatoms. The molecule has 2 aliphatic rings. The Hall–Kier alpha value is -4.00. The van der Waals surface area contributed by atoms with Crippen molar-refractivity contribution in [1.82, 2.24) is 15.1 Å². The Morgan fingerprint density at radius 1 is 1.00 bits per heavy atom. The van der Waals surface area contributed by atoms with E-state index in [1.54, 1.807) is 9.80 Å². The topological polar surface area (TPSA) is 136 Å². The van der Waals surface area contributed by atoms with Gasteiger partial charge in [-0.15, -0.1) is 11.3 Å². The highest BCUT2D eigenvalue weighted by Crippen LogP contribution is 2.59. The number of halogens is 2. The maximum atomic E-state index is 14.6. The molecule has 3 amide bonds. The van der Waals surface area contributed by atoms with E-state index in [9.17, 15) is 37.5 Å². The van der Waals surface area contributed by atoms with Crippen LogP contribution in [0.1, 0.15) is 52.7 Å². The van der Waals surface area contributed by atoms with Crippen molar-refractivity contribution in [2.24, 2.45) is 5.41 Å². The third kappa shape index (κ3) is 7.78. The summed E-state index contributed by atoms with van der Waals surface area (Å²) in [4.78, 5) is 64.5. The number of amides is 3. The highest BCUT2D eigenvalue weighted by atomic mass is 32.1. The number of ether oxygens (including phenoxy) is 1. The second-order valence-corrected chi connectivity index (χ2v) is 16.9. The predicted octanol–water partition coefficient (Wildman–Crippen LogP) is 5.70. The molecule has 2 aliphatic heterocycles. The maximum Gasteiger partial charge on any atom is 0.399 e. The standard InChI is InChI=1S/C37H40F2N3O7PS/c1-36(2,3)32(40-33(43)31-20-26-18-27(13-14-30(26)51-31)37(38,39)50(46,47)48)35(45)42-21-25-12-8-7-11-24(25)19-29(42)34(44)41-15-16-49-28(22-41)17-23-9-5-4-6-10-23/h4-14,18,20,28-29,32H,15-17,19,21-22H2,1-3H3,(H,40,43)(H2,46,47,48)/t28?,29-,32?/m0/s1. The van der Waals surface area contributed by atoms with E-state index in [0.717, 1.165) is 40.2 Å². The molecule has 0 saturated carbocycles.